The summed E-state index contributed by atoms with van der Waals surface area (Å²) in [6.07, 6.45) is 1.69. The van der Waals surface area contributed by atoms with E-state index in [4.69, 9.17) is 5.84 Å². The summed E-state index contributed by atoms with van der Waals surface area (Å²) in [5, 5.41) is 0.616. The first-order chi connectivity index (χ1) is 10.1. The Morgan fingerprint density at radius 2 is 2.14 bits per heavy atom. The van der Waals surface area contributed by atoms with Crippen LogP contribution in [0.25, 0.3) is 10.9 Å². The van der Waals surface area contributed by atoms with Crippen LogP contribution in [0, 0.1) is 5.82 Å². The van der Waals surface area contributed by atoms with Gasteiger partial charge in [0.1, 0.15) is 5.82 Å². The minimum Gasteiger partial charge on any atom is -0.334 e. The Bertz CT molecular complexity index is 851. The smallest absolute Gasteiger partial charge is 0.280 e. The minimum absolute atomic E-state index is 0.293. The molecule has 0 aliphatic carbocycles. The van der Waals surface area contributed by atoms with E-state index in [0.29, 0.717) is 21.8 Å². The van der Waals surface area contributed by atoms with Gasteiger partial charge in [0.2, 0.25) is 0 Å². The largest absolute Gasteiger partial charge is 0.334 e. The third kappa shape index (κ3) is 2.73. The average molecular weight is 302 g/mol. The van der Waals surface area contributed by atoms with Crippen LogP contribution in [0.1, 0.15) is 5.69 Å². The lowest BCUT2D eigenvalue weighted by Crippen LogP contribution is -2.29. The fraction of sp³-hybridized carbons (Fsp3) is 0.0714. The molecule has 1 aromatic carbocycles. The number of nitrogens with zero attached hydrogens (tertiary/aromatic N) is 3. The average Bonchev–Trinajstić information content (AvgIpc) is 2.50. The Balaban J connectivity index is 1.98. The molecule has 3 rings (SSSR count). The summed E-state index contributed by atoms with van der Waals surface area (Å²) in [5.74, 6) is 5.84. The second kappa shape index (κ2) is 5.53. The molecule has 0 radical (unpaired) electrons. The number of rotatable bonds is 3. The van der Waals surface area contributed by atoms with E-state index in [0.717, 1.165) is 10.4 Å². The molecule has 0 saturated heterocycles. The lowest BCUT2D eigenvalue weighted by molar-refractivity contribution is 0.628. The third-order valence-electron chi connectivity index (χ3n) is 2.91. The van der Waals surface area contributed by atoms with Crippen LogP contribution in [0.5, 0.6) is 0 Å². The summed E-state index contributed by atoms with van der Waals surface area (Å²) in [6.45, 7) is 0. The highest BCUT2D eigenvalue weighted by molar-refractivity contribution is 7.98. The van der Waals surface area contributed by atoms with E-state index in [1.165, 1.54) is 30.0 Å². The van der Waals surface area contributed by atoms with Crippen LogP contribution in [-0.2, 0) is 5.75 Å². The number of pyridine rings is 1. The number of halogens is 1. The monoisotopic (exact) mass is 302 g/mol. The molecule has 0 atom stereocenters. The van der Waals surface area contributed by atoms with Gasteiger partial charge in [0, 0.05) is 18.0 Å². The van der Waals surface area contributed by atoms with Crippen molar-refractivity contribution >= 4 is 22.7 Å². The number of aromatic nitrogens is 3. The van der Waals surface area contributed by atoms with Gasteiger partial charge in [0.25, 0.3) is 5.56 Å². The number of nitrogen functional groups attached to an aromatic ring is 1. The second-order valence-electron chi connectivity index (χ2n) is 4.34. The minimum atomic E-state index is -0.440. The lowest BCUT2D eigenvalue weighted by Gasteiger charge is -2.08. The normalized spacial score (nSPS) is 10.9. The van der Waals surface area contributed by atoms with E-state index in [2.05, 4.69) is 9.97 Å². The first-order valence-corrected chi connectivity index (χ1v) is 7.14. The summed E-state index contributed by atoms with van der Waals surface area (Å²) < 4.78 is 14.2. The Labute approximate surface area is 123 Å². The highest BCUT2D eigenvalue weighted by atomic mass is 32.2. The van der Waals surface area contributed by atoms with E-state index >= 15 is 0 Å². The van der Waals surface area contributed by atoms with Crippen molar-refractivity contribution in [1.29, 1.82) is 0 Å². The van der Waals surface area contributed by atoms with Crippen LogP contribution in [0.15, 0.2) is 52.5 Å². The first-order valence-electron chi connectivity index (χ1n) is 6.15. The van der Waals surface area contributed by atoms with Crippen molar-refractivity contribution in [2.75, 3.05) is 5.84 Å². The fourth-order valence-electron chi connectivity index (χ4n) is 1.88. The molecule has 7 heteroatoms. The van der Waals surface area contributed by atoms with Gasteiger partial charge in [0.15, 0.2) is 5.16 Å². The summed E-state index contributed by atoms with van der Waals surface area (Å²) in [6, 6.07) is 9.39. The second-order valence-corrected chi connectivity index (χ2v) is 5.28. The maximum Gasteiger partial charge on any atom is 0.280 e. The van der Waals surface area contributed by atoms with E-state index in [1.807, 2.05) is 18.2 Å². The van der Waals surface area contributed by atoms with Gasteiger partial charge in [-0.05, 0) is 24.3 Å². The summed E-state index contributed by atoms with van der Waals surface area (Å²) in [5.41, 5.74) is 0.741. The Hall–Kier alpha value is -2.41. The van der Waals surface area contributed by atoms with E-state index in [9.17, 15) is 9.18 Å². The quantitative estimate of drug-likeness (QED) is 0.455. The van der Waals surface area contributed by atoms with Crippen LogP contribution in [-0.4, -0.2) is 14.6 Å². The molecule has 2 N–H and O–H groups in total. The molecule has 21 heavy (non-hydrogen) atoms. The SMILES string of the molecule is Nn1c(SCc2ccccn2)nc2cc(F)ccc2c1=O. The number of hydrogen-bond acceptors (Lipinski definition) is 5. The predicted molar refractivity (Wildman–Crippen MR) is 79.9 cm³/mol. The number of benzene rings is 1. The maximum absolute atomic E-state index is 13.3. The van der Waals surface area contributed by atoms with Gasteiger partial charge in [-0.25, -0.2) is 14.1 Å². The molecule has 2 heterocycles. The fourth-order valence-corrected chi connectivity index (χ4v) is 2.71. The molecular formula is C14H11FN4OS. The standard InChI is InChI=1S/C14H11FN4OS/c15-9-4-5-11-12(7-9)18-14(19(16)13(11)20)21-8-10-3-1-2-6-17-10/h1-7H,8,16H2. The van der Waals surface area contributed by atoms with Crippen LogP contribution < -0.4 is 11.4 Å². The Kier molecular flexibility index (Phi) is 3.57. The molecule has 0 saturated carbocycles. The van der Waals surface area contributed by atoms with Crippen molar-refractivity contribution in [3.05, 3.63) is 64.5 Å². The van der Waals surface area contributed by atoms with Crippen LogP contribution >= 0.6 is 11.8 Å². The molecule has 0 aliphatic heterocycles. The molecular weight excluding hydrogens is 291 g/mol. The van der Waals surface area contributed by atoms with Crippen LogP contribution in [0.4, 0.5) is 4.39 Å². The van der Waals surface area contributed by atoms with Crippen molar-refractivity contribution < 1.29 is 4.39 Å². The molecule has 0 bridgehead atoms. The molecule has 0 spiro atoms. The van der Waals surface area contributed by atoms with Crippen molar-refractivity contribution in [2.24, 2.45) is 0 Å². The van der Waals surface area contributed by atoms with E-state index < -0.39 is 11.4 Å². The van der Waals surface area contributed by atoms with Gasteiger partial charge in [-0.2, -0.15) is 0 Å². The topological polar surface area (TPSA) is 73.8 Å². The van der Waals surface area contributed by atoms with Crippen LogP contribution in [0.3, 0.4) is 0 Å². The zero-order valence-electron chi connectivity index (χ0n) is 10.9. The highest BCUT2D eigenvalue weighted by Crippen LogP contribution is 2.20. The molecule has 0 fully saturated rings. The summed E-state index contributed by atoms with van der Waals surface area (Å²) in [7, 11) is 0. The Morgan fingerprint density at radius 1 is 1.29 bits per heavy atom. The number of fused-ring (bicyclic) bond motifs is 1. The molecule has 0 amide bonds. The molecule has 106 valence electrons. The molecule has 2 aromatic heterocycles. The van der Waals surface area contributed by atoms with Gasteiger partial charge in [-0.15, -0.1) is 0 Å². The lowest BCUT2D eigenvalue weighted by atomic mass is 10.2. The predicted octanol–water partition coefficient (Wildman–Crippen LogP) is 1.94. The van der Waals surface area contributed by atoms with Crippen molar-refractivity contribution in [3.8, 4) is 0 Å². The number of hydrogen-bond donors (Lipinski definition) is 1. The van der Waals surface area contributed by atoms with Gasteiger partial charge >= 0.3 is 0 Å². The number of nitrogens with two attached hydrogens (primary N) is 1. The van der Waals surface area contributed by atoms with Gasteiger partial charge in [-0.3, -0.25) is 9.78 Å². The van der Waals surface area contributed by atoms with Crippen molar-refractivity contribution in [2.45, 2.75) is 10.9 Å². The highest BCUT2D eigenvalue weighted by Gasteiger charge is 2.10. The number of thioether (sulfide) groups is 1. The van der Waals surface area contributed by atoms with Crippen molar-refractivity contribution in [1.82, 2.24) is 14.6 Å². The summed E-state index contributed by atoms with van der Waals surface area (Å²) >= 11 is 1.28. The molecule has 5 nitrogen and oxygen atoms in total. The van der Waals surface area contributed by atoms with Gasteiger partial charge in [0.05, 0.1) is 16.6 Å². The van der Waals surface area contributed by atoms with Crippen LogP contribution in [0.2, 0.25) is 0 Å². The third-order valence-corrected chi connectivity index (χ3v) is 3.89. The van der Waals surface area contributed by atoms with E-state index in [-0.39, 0.29) is 0 Å². The molecule has 3 aromatic rings. The van der Waals surface area contributed by atoms with Gasteiger partial charge < -0.3 is 5.84 Å². The summed E-state index contributed by atoms with van der Waals surface area (Å²) in [4.78, 5) is 20.5. The zero-order valence-corrected chi connectivity index (χ0v) is 11.7. The maximum atomic E-state index is 13.3. The Morgan fingerprint density at radius 3 is 2.90 bits per heavy atom. The van der Waals surface area contributed by atoms with Gasteiger partial charge in [-0.1, -0.05) is 17.8 Å². The first kappa shape index (κ1) is 13.6. The molecule has 0 aliphatic rings. The zero-order chi connectivity index (χ0) is 14.8. The molecule has 0 unspecified atom stereocenters. The van der Waals surface area contributed by atoms with E-state index in [1.54, 1.807) is 6.20 Å². The van der Waals surface area contributed by atoms with Crippen molar-refractivity contribution in [3.63, 3.8) is 0 Å².